The average molecular weight is 196 g/mol. The number of benzene rings is 1. The third kappa shape index (κ3) is 2.39. The van der Waals surface area contributed by atoms with Gasteiger partial charge in [-0.05, 0) is 24.0 Å². The molecular formula is C11H16O3. The highest BCUT2D eigenvalue weighted by atomic mass is 16.5. The van der Waals surface area contributed by atoms with Crippen LogP contribution in [-0.4, -0.2) is 23.9 Å². The minimum Gasteiger partial charge on any atom is -0.508 e. The average Bonchev–Trinajstić information content (AvgIpc) is 2.17. The molecule has 0 saturated carbocycles. The van der Waals surface area contributed by atoms with Crippen LogP contribution in [-0.2, 0) is 0 Å². The minimum atomic E-state index is 0.132. The summed E-state index contributed by atoms with van der Waals surface area (Å²) in [5.74, 6) is 1.03. The molecule has 3 heteroatoms. The Kier molecular flexibility index (Phi) is 3.77. The second-order valence-electron chi connectivity index (χ2n) is 3.34. The molecular weight excluding hydrogens is 180 g/mol. The van der Waals surface area contributed by atoms with Crippen LogP contribution in [0.4, 0.5) is 0 Å². The van der Waals surface area contributed by atoms with Crippen molar-refractivity contribution in [3.05, 3.63) is 23.8 Å². The first-order valence-electron chi connectivity index (χ1n) is 4.66. The maximum Gasteiger partial charge on any atom is 0.122 e. The van der Waals surface area contributed by atoms with Gasteiger partial charge in [0.05, 0.1) is 7.11 Å². The number of hydrogen-bond acceptors (Lipinski definition) is 3. The van der Waals surface area contributed by atoms with Gasteiger partial charge in [0.15, 0.2) is 0 Å². The maximum absolute atomic E-state index is 9.66. The van der Waals surface area contributed by atoms with Crippen LogP contribution in [0.3, 0.4) is 0 Å². The topological polar surface area (TPSA) is 49.7 Å². The molecule has 0 fully saturated rings. The van der Waals surface area contributed by atoms with E-state index in [0.29, 0.717) is 12.2 Å². The fourth-order valence-corrected chi connectivity index (χ4v) is 1.42. The second kappa shape index (κ2) is 4.86. The molecule has 1 unspecified atom stereocenters. The molecule has 1 rings (SSSR count). The summed E-state index contributed by atoms with van der Waals surface area (Å²) in [6.07, 6.45) is 0.653. The molecule has 0 aromatic heterocycles. The quantitative estimate of drug-likeness (QED) is 0.773. The van der Waals surface area contributed by atoms with E-state index >= 15 is 0 Å². The number of aliphatic hydroxyl groups is 1. The van der Waals surface area contributed by atoms with E-state index in [2.05, 4.69) is 0 Å². The molecule has 2 N–H and O–H groups in total. The zero-order chi connectivity index (χ0) is 10.6. The molecule has 0 aliphatic rings. The summed E-state index contributed by atoms with van der Waals surface area (Å²) in [6, 6.07) is 5.22. The van der Waals surface area contributed by atoms with Crippen molar-refractivity contribution in [3.8, 4) is 11.5 Å². The smallest absolute Gasteiger partial charge is 0.122 e. The zero-order valence-corrected chi connectivity index (χ0v) is 8.53. The van der Waals surface area contributed by atoms with Crippen molar-refractivity contribution < 1.29 is 14.9 Å². The van der Waals surface area contributed by atoms with Gasteiger partial charge in [0.2, 0.25) is 0 Å². The number of aliphatic hydroxyl groups excluding tert-OH is 1. The van der Waals surface area contributed by atoms with Crippen molar-refractivity contribution in [1.82, 2.24) is 0 Å². The summed E-state index contributed by atoms with van der Waals surface area (Å²) >= 11 is 0. The van der Waals surface area contributed by atoms with Crippen LogP contribution < -0.4 is 4.74 Å². The van der Waals surface area contributed by atoms with Crippen LogP contribution in [0.5, 0.6) is 11.5 Å². The number of methoxy groups -OCH3 is 1. The molecule has 1 aromatic rings. The Morgan fingerprint density at radius 1 is 1.43 bits per heavy atom. The SMILES string of the molecule is COc1ccc(C(C)CCO)c(O)c1. The van der Waals surface area contributed by atoms with Gasteiger partial charge >= 0.3 is 0 Å². The lowest BCUT2D eigenvalue weighted by atomic mass is 9.97. The minimum absolute atomic E-state index is 0.132. The third-order valence-corrected chi connectivity index (χ3v) is 2.33. The lowest BCUT2D eigenvalue weighted by molar-refractivity contribution is 0.277. The van der Waals surface area contributed by atoms with E-state index in [1.54, 1.807) is 13.2 Å². The van der Waals surface area contributed by atoms with Gasteiger partial charge in [0.25, 0.3) is 0 Å². The van der Waals surface area contributed by atoms with E-state index in [0.717, 1.165) is 5.56 Å². The van der Waals surface area contributed by atoms with E-state index < -0.39 is 0 Å². The molecule has 0 aliphatic carbocycles. The van der Waals surface area contributed by atoms with Crippen LogP contribution in [0, 0.1) is 0 Å². The highest BCUT2D eigenvalue weighted by Crippen LogP contribution is 2.30. The van der Waals surface area contributed by atoms with Gasteiger partial charge in [-0.25, -0.2) is 0 Å². The maximum atomic E-state index is 9.66. The van der Waals surface area contributed by atoms with E-state index in [1.165, 1.54) is 0 Å². The van der Waals surface area contributed by atoms with Gasteiger partial charge < -0.3 is 14.9 Å². The number of aromatic hydroxyl groups is 1. The number of ether oxygens (including phenoxy) is 1. The van der Waals surface area contributed by atoms with Crippen LogP contribution in [0.2, 0.25) is 0 Å². The predicted octanol–water partition coefficient (Wildman–Crippen LogP) is 1.89. The van der Waals surface area contributed by atoms with E-state index in [9.17, 15) is 5.11 Å². The number of phenols is 1. The lowest BCUT2D eigenvalue weighted by Crippen LogP contribution is -1.97. The van der Waals surface area contributed by atoms with Crippen molar-refractivity contribution in [2.45, 2.75) is 19.3 Å². The van der Waals surface area contributed by atoms with Gasteiger partial charge in [-0.15, -0.1) is 0 Å². The monoisotopic (exact) mass is 196 g/mol. The van der Waals surface area contributed by atoms with Gasteiger partial charge in [-0.1, -0.05) is 13.0 Å². The van der Waals surface area contributed by atoms with Crippen LogP contribution in [0.25, 0.3) is 0 Å². The summed E-state index contributed by atoms with van der Waals surface area (Å²) in [5, 5.41) is 18.4. The van der Waals surface area contributed by atoms with Crippen molar-refractivity contribution in [1.29, 1.82) is 0 Å². The van der Waals surface area contributed by atoms with Crippen molar-refractivity contribution >= 4 is 0 Å². The molecule has 0 radical (unpaired) electrons. The van der Waals surface area contributed by atoms with Crippen LogP contribution >= 0.6 is 0 Å². The summed E-state index contributed by atoms with van der Waals surface area (Å²) in [5.41, 5.74) is 0.847. The molecule has 78 valence electrons. The van der Waals surface area contributed by atoms with E-state index in [-0.39, 0.29) is 18.3 Å². The molecule has 3 nitrogen and oxygen atoms in total. The fraction of sp³-hybridized carbons (Fsp3) is 0.455. The first-order chi connectivity index (χ1) is 6.69. The number of rotatable bonds is 4. The van der Waals surface area contributed by atoms with Gasteiger partial charge in [0, 0.05) is 12.7 Å². The Morgan fingerprint density at radius 2 is 2.14 bits per heavy atom. The predicted molar refractivity (Wildman–Crippen MR) is 54.8 cm³/mol. The Labute approximate surface area is 84.0 Å². The number of hydrogen-bond donors (Lipinski definition) is 2. The van der Waals surface area contributed by atoms with Gasteiger partial charge in [-0.3, -0.25) is 0 Å². The summed E-state index contributed by atoms with van der Waals surface area (Å²) in [6.45, 7) is 2.10. The largest absolute Gasteiger partial charge is 0.508 e. The molecule has 1 atom stereocenters. The molecule has 14 heavy (non-hydrogen) atoms. The molecule has 0 saturated heterocycles. The van der Waals surface area contributed by atoms with Crippen molar-refractivity contribution in [2.75, 3.05) is 13.7 Å². The van der Waals surface area contributed by atoms with Crippen molar-refractivity contribution in [3.63, 3.8) is 0 Å². The number of phenolic OH excluding ortho intramolecular Hbond substituents is 1. The Bertz CT molecular complexity index is 297. The van der Waals surface area contributed by atoms with Crippen molar-refractivity contribution in [2.24, 2.45) is 0 Å². The van der Waals surface area contributed by atoms with E-state index in [1.807, 2.05) is 19.1 Å². The Balaban J connectivity index is 2.88. The standard InChI is InChI=1S/C11H16O3/c1-8(5-6-12)10-4-3-9(14-2)7-11(10)13/h3-4,7-8,12-13H,5-6H2,1-2H3. The fourth-order valence-electron chi connectivity index (χ4n) is 1.42. The lowest BCUT2D eigenvalue weighted by Gasteiger charge is -2.12. The van der Waals surface area contributed by atoms with E-state index in [4.69, 9.17) is 9.84 Å². The van der Waals surface area contributed by atoms with Crippen LogP contribution in [0.1, 0.15) is 24.8 Å². The summed E-state index contributed by atoms with van der Waals surface area (Å²) in [7, 11) is 1.56. The highest BCUT2D eigenvalue weighted by molar-refractivity contribution is 5.41. The van der Waals surface area contributed by atoms with Gasteiger partial charge in [-0.2, -0.15) is 0 Å². The summed E-state index contributed by atoms with van der Waals surface area (Å²) in [4.78, 5) is 0. The van der Waals surface area contributed by atoms with Gasteiger partial charge in [0.1, 0.15) is 11.5 Å². The Hall–Kier alpha value is -1.22. The Morgan fingerprint density at radius 3 is 2.64 bits per heavy atom. The highest BCUT2D eigenvalue weighted by Gasteiger charge is 2.10. The van der Waals surface area contributed by atoms with Crippen LogP contribution in [0.15, 0.2) is 18.2 Å². The molecule has 0 spiro atoms. The zero-order valence-electron chi connectivity index (χ0n) is 8.53. The normalized spacial score (nSPS) is 12.5. The molecule has 0 bridgehead atoms. The molecule has 0 amide bonds. The molecule has 1 aromatic carbocycles. The first-order valence-corrected chi connectivity index (χ1v) is 4.66. The first kappa shape index (κ1) is 10.9. The molecule has 0 aliphatic heterocycles. The molecule has 0 heterocycles. The third-order valence-electron chi connectivity index (χ3n) is 2.33. The summed E-state index contributed by atoms with van der Waals surface area (Å²) < 4.78 is 4.98. The second-order valence-corrected chi connectivity index (χ2v) is 3.34.